The van der Waals surface area contributed by atoms with Crippen LogP contribution < -0.4 is 0 Å². The van der Waals surface area contributed by atoms with E-state index in [1.54, 1.807) is 31.2 Å². The molecule has 0 aliphatic carbocycles. The van der Waals surface area contributed by atoms with Gasteiger partial charge in [-0.1, -0.05) is 92.2 Å². The third kappa shape index (κ3) is 4.63. The monoisotopic (exact) mass is 544 g/mol. The van der Waals surface area contributed by atoms with Crippen molar-refractivity contribution in [1.82, 2.24) is 4.90 Å². The first-order valence-corrected chi connectivity index (χ1v) is 13.4. The largest absolute Gasteiger partial charge is 0.481 e. The Bertz CT molecular complexity index is 1440. The molecule has 7 heteroatoms. The van der Waals surface area contributed by atoms with Crippen LogP contribution in [-0.2, 0) is 15.0 Å². The molecule has 0 bridgehead atoms. The van der Waals surface area contributed by atoms with E-state index in [-0.39, 0.29) is 12.0 Å². The van der Waals surface area contributed by atoms with Crippen LogP contribution in [0.15, 0.2) is 101 Å². The Kier molecular flexibility index (Phi) is 7.98. The Morgan fingerprint density at radius 3 is 1.97 bits per heavy atom. The second-order valence-corrected chi connectivity index (χ2v) is 10.4. The van der Waals surface area contributed by atoms with E-state index >= 15 is 0 Å². The number of amidine groups is 1. The van der Waals surface area contributed by atoms with Gasteiger partial charge in [0, 0.05) is 21.7 Å². The van der Waals surface area contributed by atoms with Crippen LogP contribution in [-0.4, -0.2) is 38.4 Å². The summed E-state index contributed by atoms with van der Waals surface area (Å²) >= 11 is 6.71. The summed E-state index contributed by atoms with van der Waals surface area (Å²) in [6.07, 6.45) is 0.633. The third-order valence-corrected chi connectivity index (χ3v) is 8.42. The van der Waals surface area contributed by atoms with Gasteiger partial charge in [0.2, 0.25) is 0 Å². The highest BCUT2D eigenvalue weighted by Gasteiger charge is 2.63. The first-order valence-electron chi connectivity index (χ1n) is 13.0. The summed E-state index contributed by atoms with van der Waals surface area (Å²) in [6, 6.07) is 25.8. The van der Waals surface area contributed by atoms with Crippen LogP contribution in [0.5, 0.6) is 0 Å². The van der Waals surface area contributed by atoms with Gasteiger partial charge in [-0.3, -0.25) is 4.79 Å². The van der Waals surface area contributed by atoms with E-state index in [4.69, 9.17) is 16.6 Å². The Morgan fingerprint density at radius 2 is 1.46 bits per heavy atom. The second kappa shape index (κ2) is 11.1. The van der Waals surface area contributed by atoms with Crippen LogP contribution in [0, 0.1) is 5.92 Å². The first-order chi connectivity index (χ1) is 18.6. The van der Waals surface area contributed by atoms with Gasteiger partial charge in [0.05, 0.1) is 22.7 Å². The molecule has 0 saturated heterocycles. The number of hydrogen-bond acceptors (Lipinski definition) is 3. The van der Waals surface area contributed by atoms with Crippen LogP contribution in [0.2, 0.25) is 5.02 Å². The zero-order chi connectivity index (χ0) is 28.4. The number of aliphatic imine (C=N–C) groups is 1. The zero-order valence-electron chi connectivity index (χ0n) is 22.6. The van der Waals surface area contributed by atoms with Crippen molar-refractivity contribution >= 4 is 35.1 Å². The summed E-state index contributed by atoms with van der Waals surface area (Å²) in [7, 11) is 0. The third-order valence-electron chi connectivity index (χ3n) is 8.09. The quantitative estimate of drug-likeness (QED) is 0.240. The average molecular weight is 545 g/mol. The van der Waals surface area contributed by atoms with E-state index in [1.807, 2.05) is 86.3 Å². The van der Waals surface area contributed by atoms with Crippen LogP contribution in [0.1, 0.15) is 51.7 Å². The molecule has 0 spiro atoms. The van der Waals surface area contributed by atoms with Gasteiger partial charge in [-0.05, 0) is 50.5 Å². The topological polar surface area (TPSA) is 90.2 Å². The summed E-state index contributed by atoms with van der Waals surface area (Å²) in [5.41, 5.74) is -0.110. The molecular formula is C32H33ClN2O4. The molecule has 2 N–H and O–H groups in total. The highest BCUT2D eigenvalue weighted by molar-refractivity contribution is 6.31. The van der Waals surface area contributed by atoms with Crippen molar-refractivity contribution in [2.75, 3.05) is 0 Å². The lowest BCUT2D eigenvalue weighted by molar-refractivity contribution is -0.151. The molecule has 202 valence electrons. The van der Waals surface area contributed by atoms with Crippen molar-refractivity contribution in [3.05, 3.63) is 112 Å². The van der Waals surface area contributed by atoms with Crippen LogP contribution >= 0.6 is 11.6 Å². The average Bonchev–Trinajstić information content (AvgIpc) is 2.92. The van der Waals surface area contributed by atoms with Gasteiger partial charge in [-0.15, -0.1) is 0 Å². The van der Waals surface area contributed by atoms with E-state index in [2.05, 4.69) is 0 Å². The molecule has 0 amide bonds. The predicted molar refractivity (Wildman–Crippen MR) is 154 cm³/mol. The normalized spacial score (nSPS) is 23.6. The van der Waals surface area contributed by atoms with Crippen molar-refractivity contribution in [3.63, 3.8) is 0 Å². The maximum atomic E-state index is 13.4. The van der Waals surface area contributed by atoms with Crippen molar-refractivity contribution in [3.8, 4) is 0 Å². The summed E-state index contributed by atoms with van der Waals surface area (Å²) in [5, 5.41) is 22.1. The fraction of sp³-hybridized carbons (Fsp3) is 0.281. The smallest absolute Gasteiger partial charge is 0.334 e. The van der Waals surface area contributed by atoms with Crippen molar-refractivity contribution in [2.24, 2.45) is 10.9 Å². The number of allylic oxidation sites excluding steroid dienone is 1. The highest BCUT2D eigenvalue weighted by Crippen LogP contribution is 2.57. The number of carboxylic acids is 2. The number of carbonyl (C=O) groups is 2. The van der Waals surface area contributed by atoms with Crippen LogP contribution in [0.25, 0.3) is 0 Å². The molecule has 1 aliphatic heterocycles. The molecule has 0 fully saturated rings. The minimum Gasteiger partial charge on any atom is -0.481 e. The number of para-hydroxylation sites is 1. The molecule has 39 heavy (non-hydrogen) atoms. The molecule has 4 rings (SSSR count). The number of carboxylic acid groups (broad SMARTS) is 2. The fourth-order valence-corrected chi connectivity index (χ4v) is 6.65. The number of aliphatic carboxylic acids is 2. The lowest BCUT2D eigenvalue weighted by atomic mass is 9.54. The number of hydrogen-bond donors (Lipinski definition) is 2. The SMILES string of the molecule is CCC1(c2ccccc2Cl)C(C(=O)O)=C(C)N(C(=Nc2ccccc2)c2ccccc2)C(C)(CC)C1C(=O)O. The van der Waals surface area contributed by atoms with Gasteiger partial charge in [-0.2, -0.15) is 0 Å². The lowest BCUT2D eigenvalue weighted by Gasteiger charge is -2.58. The maximum Gasteiger partial charge on any atom is 0.334 e. The second-order valence-electron chi connectivity index (χ2n) is 10.0. The van der Waals surface area contributed by atoms with Crippen LogP contribution in [0.4, 0.5) is 5.69 Å². The van der Waals surface area contributed by atoms with Gasteiger partial charge < -0.3 is 15.1 Å². The minimum atomic E-state index is -1.39. The van der Waals surface area contributed by atoms with Crippen molar-refractivity contribution in [2.45, 2.75) is 51.5 Å². The van der Waals surface area contributed by atoms with Gasteiger partial charge in [0.15, 0.2) is 0 Å². The number of rotatable bonds is 7. The minimum absolute atomic E-state index is 0.00752. The van der Waals surface area contributed by atoms with Crippen molar-refractivity contribution in [1.29, 1.82) is 0 Å². The number of nitrogens with zero attached hydrogens (tertiary/aromatic N) is 2. The Balaban J connectivity index is 2.18. The van der Waals surface area contributed by atoms with Gasteiger partial charge in [0.25, 0.3) is 0 Å². The molecule has 0 saturated carbocycles. The molecule has 3 atom stereocenters. The standard InChI is InChI=1S/C32H33ClN2O4/c1-5-31(4)27(30(38)39)32(6-2,24-19-13-14-20-25(24)33)26(29(36)37)21(3)35(31)28(22-15-9-7-10-16-22)34-23-17-11-8-12-18-23/h7-20,27H,5-6H2,1-4H3,(H,36,37)(H,38,39). The Hall–Kier alpha value is -3.90. The molecule has 3 unspecified atom stereocenters. The van der Waals surface area contributed by atoms with E-state index in [0.29, 0.717) is 34.2 Å². The maximum absolute atomic E-state index is 13.4. The van der Waals surface area contributed by atoms with E-state index in [9.17, 15) is 19.8 Å². The summed E-state index contributed by atoms with van der Waals surface area (Å²) in [5.74, 6) is -2.96. The van der Waals surface area contributed by atoms with Crippen LogP contribution in [0.3, 0.4) is 0 Å². The molecule has 6 nitrogen and oxygen atoms in total. The van der Waals surface area contributed by atoms with E-state index in [0.717, 1.165) is 5.56 Å². The van der Waals surface area contributed by atoms with E-state index < -0.39 is 28.8 Å². The lowest BCUT2D eigenvalue weighted by Crippen LogP contribution is -2.66. The van der Waals surface area contributed by atoms with Gasteiger partial charge >= 0.3 is 11.9 Å². The number of benzene rings is 3. The molecule has 1 heterocycles. The van der Waals surface area contributed by atoms with E-state index in [1.165, 1.54) is 0 Å². The first kappa shape index (κ1) is 28.1. The summed E-state index contributed by atoms with van der Waals surface area (Å²) in [4.78, 5) is 33.4. The molecule has 3 aromatic rings. The van der Waals surface area contributed by atoms with Crippen molar-refractivity contribution < 1.29 is 19.8 Å². The summed E-state index contributed by atoms with van der Waals surface area (Å²) in [6.45, 7) is 7.40. The zero-order valence-corrected chi connectivity index (χ0v) is 23.3. The molecule has 3 aromatic carbocycles. The Morgan fingerprint density at radius 1 is 0.897 bits per heavy atom. The summed E-state index contributed by atoms with van der Waals surface area (Å²) < 4.78 is 0. The fourth-order valence-electron chi connectivity index (χ4n) is 6.35. The molecule has 0 radical (unpaired) electrons. The molecular weight excluding hydrogens is 512 g/mol. The highest BCUT2D eigenvalue weighted by atomic mass is 35.5. The number of halogens is 1. The molecule has 0 aromatic heterocycles. The predicted octanol–water partition coefficient (Wildman–Crippen LogP) is 7.31. The van der Waals surface area contributed by atoms with Gasteiger partial charge in [0.1, 0.15) is 5.84 Å². The Labute approximate surface area is 234 Å². The molecule has 1 aliphatic rings. The van der Waals surface area contributed by atoms with Gasteiger partial charge in [-0.25, -0.2) is 9.79 Å².